The molecular weight excluding hydrogens is 240 g/mol. The second-order valence-corrected chi connectivity index (χ2v) is 5.26. The molecule has 0 saturated carbocycles. The number of nitrogen functional groups attached to an aromatic ring is 1. The molecule has 2 rings (SSSR count). The van der Waals surface area contributed by atoms with Crippen LogP contribution in [-0.4, -0.2) is 28.9 Å². The largest absolute Gasteiger partial charge is 0.337 e. The summed E-state index contributed by atoms with van der Waals surface area (Å²) in [4.78, 5) is 18.5. The Kier molecular flexibility index (Phi) is 4.04. The first-order valence-corrected chi connectivity index (χ1v) is 6.86. The van der Waals surface area contributed by atoms with Crippen LogP contribution < -0.4 is 11.3 Å². The van der Waals surface area contributed by atoms with Crippen molar-refractivity contribution in [2.45, 2.75) is 33.1 Å². The molecule has 1 aromatic rings. The summed E-state index contributed by atoms with van der Waals surface area (Å²) < 4.78 is 0. The van der Waals surface area contributed by atoms with E-state index in [1.807, 2.05) is 4.90 Å². The molecule has 1 saturated heterocycles. The number of hydrogen-bond acceptors (Lipinski definition) is 4. The van der Waals surface area contributed by atoms with Gasteiger partial charge < -0.3 is 10.3 Å². The predicted molar refractivity (Wildman–Crippen MR) is 75.6 cm³/mol. The maximum Gasteiger partial charge on any atom is 0.272 e. The molecule has 1 fully saturated rings. The molecule has 19 heavy (non-hydrogen) atoms. The maximum absolute atomic E-state index is 12.4. The molecule has 1 amide bonds. The number of nitrogens with two attached hydrogens (primary N) is 1. The number of amides is 1. The van der Waals surface area contributed by atoms with Crippen LogP contribution in [0.4, 0.5) is 5.69 Å². The molecule has 1 aliphatic heterocycles. The normalized spacial score (nSPS) is 17.5. The zero-order valence-corrected chi connectivity index (χ0v) is 11.6. The zero-order chi connectivity index (χ0) is 13.9. The van der Waals surface area contributed by atoms with E-state index in [0.717, 1.165) is 32.4 Å². The van der Waals surface area contributed by atoms with Gasteiger partial charge >= 0.3 is 0 Å². The maximum atomic E-state index is 12.4. The minimum absolute atomic E-state index is 0.000810. The summed E-state index contributed by atoms with van der Waals surface area (Å²) in [6.45, 7) is 6.06. The number of likely N-dealkylation sites (tertiary alicyclic amines) is 1. The summed E-state index contributed by atoms with van der Waals surface area (Å²) in [5, 5.41) is 0. The highest BCUT2D eigenvalue weighted by Crippen LogP contribution is 2.37. The van der Waals surface area contributed by atoms with E-state index in [4.69, 9.17) is 5.84 Å². The Balaban J connectivity index is 2.13. The van der Waals surface area contributed by atoms with Crippen LogP contribution in [0.2, 0.25) is 0 Å². The van der Waals surface area contributed by atoms with Crippen LogP contribution >= 0.6 is 0 Å². The third-order valence-electron chi connectivity index (χ3n) is 4.37. The van der Waals surface area contributed by atoms with E-state index in [2.05, 4.69) is 24.3 Å². The number of carbonyl (C=O) groups excluding carboxylic acids is 1. The Labute approximate surface area is 114 Å². The van der Waals surface area contributed by atoms with Crippen molar-refractivity contribution in [2.24, 2.45) is 11.3 Å². The number of hydrogen-bond donors (Lipinski definition) is 2. The highest BCUT2D eigenvalue weighted by molar-refractivity contribution is 5.93. The van der Waals surface area contributed by atoms with Crippen LogP contribution in [0, 0.1) is 5.41 Å². The van der Waals surface area contributed by atoms with Crippen LogP contribution in [0.15, 0.2) is 18.3 Å². The predicted octanol–water partition coefficient (Wildman–Crippen LogP) is 2.02. The zero-order valence-electron chi connectivity index (χ0n) is 11.6. The fraction of sp³-hybridized carbons (Fsp3) is 0.571. The Morgan fingerprint density at radius 3 is 2.84 bits per heavy atom. The van der Waals surface area contributed by atoms with Gasteiger partial charge in [0, 0.05) is 19.3 Å². The van der Waals surface area contributed by atoms with Gasteiger partial charge in [0.25, 0.3) is 5.91 Å². The van der Waals surface area contributed by atoms with E-state index in [1.54, 1.807) is 18.3 Å². The van der Waals surface area contributed by atoms with Crippen LogP contribution in [0.1, 0.15) is 43.6 Å². The van der Waals surface area contributed by atoms with Crippen LogP contribution in [0.25, 0.3) is 0 Å². The molecule has 1 aromatic heterocycles. The Bertz CT molecular complexity index is 457. The first-order chi connectivity index (χ1) is 9.14. The third-order valence-corrected chi connectivity index (χ3v) is 4.37. The van der Waals surface area contributed by atoms with E-state index in [-0.39, 0.29) is 5.91 Å². The van der Waals surface area contributed by atoms with Crippen LogP contribution in [0.5, 0.6) is 0 Å². The molecule has 0 radical (unpaired) electrons. The third kappa shape index (κ3) is 2.71. The topological polar surface area (TPSA) is 71.2 Å². The second-order valence-electron chi connectivity index (χ2n) is 5.26. The summed E-state index contributed by atoms with van der Waals surface area (Å²) in [5.41, 5.74) is 3.99. The Morgan fingerprint density at radius 1 is 1.53 bits per heavy atom. The fourth-order valence-electron chi connectivity index (χ4n) is 2.73. The van der Waals surface area contributed by atoms with Gasteiger partial charge in [-0.05, 0) is 36.8 Å². The molecule has 5 heteroatoms. The number of nitrogens with zero attached hydrogens (tertiary/aromatic N) is 2. The van der Waals surface area contributed by atoms with Crippen LogP contribution in [0.3, 0.4) is 0 Å². The van der Waals surface area contributed by atoms with Crippen molar-refractivity contribution < 1.29 is 4.79 Å². The van der Waals surface area contributed by atoms with Gasteiger partial charge in [-0.2, -0.15) is 0 Å². The Morgan fingerprint density at radius 2 is 2.26 bits per heavy atom. The van der Waals surface area contributed by atoms with E-state index in [1.165, 1.54) is 0 Å². The molecule has 1 aliphatic rings. The molecule has 0 aliphatic carbocycles. The molecule has 3 N–H and O–H groups in total. The molecule has 104 valence electrons. The summed E-state index contributed by atoms with van der Waals surface area (Å²) in [5.74, 6) is 5.36. The van der Waals surface area contributed by atoms with Gasteiger partial charge in [0.15, 0.2) is 0 Å². The SMILES string of the molecule is CCC1(CC)CCN(C(=O)c2cc(NN)ccn2)C1. The minimum atomic E-state index is 0.000810. The van der Waals surface area contributed by atoms with Crippen molar-refractivity contribution in [3.8, 4) is 0 Å². The van der Waals surface area contributed by atoms with Crippen molar-refractivity contribution in [2.75, 3.05) is 18.5 Å². The summed E-state index contributed by atoms with van der Waals surface area (Å²) in [7, 11) is 0. The number of anilines is 1. The van der Waals surface area contributed by atoms with Crippen molar-refractivity contribution in [3.63, 3.8) is 0 Å². The van der Waals surface area contributed by atoms with Gasteiger partial charge in [0.05, 0.1) is 5.69 Å². The van der Waals surface area contributed by atoms with E-state index >= 15 is 0 Å². The number of nitrogens with one attached hydrogen (secondary N) is 1. The molecule has 0 atom stereocenters. The minimum Gasteiger partial charge on any atom is -0.337 e. The smallest absolute Gasteiger partial charge is 0.272 e. The van der Waals surface area contributed by atoms with Crippen molar-refractivity contribution in [1.29, 1.82) is 0 Å². The molecule has 0 bridgehead atoms. The standard InChI is InChI=1S/C14H22N4O/c1-3-14(4-2)6-8-18(10-14)13(19)12-9-11(17-15)5-7-16-12/h5,7,9H,3-4,6,8,10,15H2,1-2H3,(H,16,17). The average molecular weight is 262 g/mol. The lowest BCUT2D eigenvalue weighted by Gasteiger charge is -2.26. The fourth-order valence-corrected chi connectivity index (χ4v) is 2.73. The van der Waals surface area contributed by atoms with Crippen molar-refractivity contribution >= 4 is 11.6 Å². The monoisotopic (exact) mass is 262 g/mol. The first-order valence-electron chi connectivity index (χ1n) is 6.86. The van der Waals surface area contributed by atoms with Gasteiger partial charge in [-0.1, -0.05) is 13.8 Å². The van der Waals surface area contributed by atoms with Crippen molar-refractivity contribution in [3.05, 3.63) is 24.0 Å². The summed E-state index contributed by atoms with van der Waals surface area (Å²) in [6.07, 6.45) is 4.92. The summed E-state index contributed by atoms with van der Waals surface area (Å²) in [6, 6.07) is 3.43. The van der Waals surface area contributed by atoms with Gasteiger partial charge in [-0.25, -0.2) is 0 Å². The lowest BCUT2D eigenvalue weighted by molar-refractivity contribution is 0.0764. The van der Waals surface area contributed by atoms with E-state index in [9.17, 15) is 4.79 Å². The second kappa shape index (κ2) is 5.57. The van der Waals surface area contributed by atoms with Gasteiger partial charge in [-0.15, -0.1) is 0 Å². The Hall–Kier alpha value is -1.62. The lowest BCUT2D eigenvalue weighted by atomic mass is 9.82. The molecule has 0 aromatic carbocycles. The summed E-state index contributed by atoms with van der Waals surface area (Å²) >= 11 is 0. The molecular formula is C14H22N4O. The first kappa shape index (κ1) is 13.8. The number of aromatic nitrogens is 1. The quantitative estimate of drug-likeness (QED) is 0.643. The average Bonchev–Trinajstić information content (AvgIpc) is 2.91. The molecule has 2 heterocycles. The number of pyridine rings is 1. The van der Waals surface area contributed by atoms with E-state index < -0.39 is 0 Å². The molecule has 0 unspecified atom stereocenters. The highest BCUT2D eigenvalue weighted by atomic mass is 16.2. The number of carbonyl (C=O) groups is 1. The number of hydrazine groups is 1. The van der Waals surface area contributed by atoms with Gasteiger partial charge in [-0.3, -0.25) is 15.6 Å². The van der Waals surface area contributed by atoms with Crippen LogP contribution in [-0.2, 0) is 0 Å². The van der Waals surface area contributed by atoms with Gasteiger partial charge in [0.1, 0.15) is 5.69 Å². The van der Waals surface area contributed by atoms with Crippen molar-refractivity contribution in [1.82, 2.24) is 9.88 Å². The van der Waals surface area contributed by atoms with E-state index in [0.29, 0.717) is 16.8 Å². The lowest BCUT2D eigenvalue weighted by Crippen LogP contribution is -2.32. The molecule has 5 nitrogen and oxygen atoms in total. The van der Waals surface area contributed by atoms with Gasteiger partial charge in [0.2, 0.25) is 0 Å². The molecule has 0 spiro atoms. The number of rotatable bonds is 4. The highest BCUT2D eigenvalue weighted by Gasteiger charge is 2.37.